The molecule has 4 aliphatic carbocycles. The molecule has 5 heteroatoms. The minimum absolute atomic E-state index is 0.0657. The van der Waals surface area contributed by atoms with Crippen molar-refractivity contribution in [2.24, 2.45) is 23.2 Å². The topological polar surface area (TPSA) is 71.3 Å². The van der Waals surface area contributed by atoms with Crippen molar-refractivity contribution in [1.82, 2.24) is 10.6 Å². The molecule has 1 aromatic heterocycles. The molecule has 1 atom stereocenters. The zero-order valence-corrected chi connectivity index (χ0v) is 17.0. The zero-order chi connectivity index (χ0) is 19.6. The van der Waals surface area contributed by atoms with Gasteiger partial charge in [-0.05, 0) is 88.2 Å². The van der Waals surface area contributed by atoms with Gasteiger partial charge in [-0.2, -0.15) is 0 Å². The Bertz CT molecular complexity index is 647. The smallest absolute Gasteiger partial charge is 0.226 e. The van der Waals surface area contributed by atoms with Crippen LogP contribution >= 0.6 is 0 Å². The highest BCUT2D eigenvalue weighted by Gasteiger charge is 2.54. The highest BCUT2D eigenvalue weighted by molar-refractivity contribution is 5.83. The van der Waals surface area contributed by atoms with Gasteiger partial charge < -0.3 is 15.1 Å². The number of furan rings is 1. The molecule has 5 nitrogen and oxygen atoms in total. The van der Waals surface area contributed by atoms with Crippen LogP contribution in [-0.4, -0.2) is 24.4 Å². The fourth-order valence-corrected chi connectivity index (χ4v) is 6.26. The van der Waals surface area contributed by atoms with Gasteiger partial charge in [0, 0.05) is 30.8 Å². The molecule has 4 fully saturated rings. The second kappa shape index (κ2) is 8.30. The normalized spacial score (nSPS) is 31.5. The molecule has 1 heterocycles. The summed E-state index contributed by atoms with van der Waals surface area (Å²) < 4.78 is 5.33. The molecule has 2 amide bonds. The predicted octanol–water partition coefficient (Wildman–Crippen LogP) is 3.83. The van der Waals surface area contributed by atoms with Gasteiger partial charge in [0.05, 0.1) is 6.26 Å². The van der Waals surface area contributed by atoms with E-state index in [9.17, 15) is 9.59 Å². The average molecular weight is 387 g/mol. The molecule has 2 N–H and O–H groups in total. The van der Waals surface area contributed by atoms with E-state index in [2.05, 4.69) is 10.6 Å². The Balaban J connectivity index is 1.13. The predicted molar refractivity (Wildman–Crippen MR) is 107 cm³/mol. The van der Waals surface area contributed by atoms with Crippen molar-refractivity contribution >= 4 is 11.8 Å². The first-order valence-corrected chi connectivity index (χ1v) is 11.1. The standard InChI is InChI=1S/C23H34N2O3/c1-16(6-7-20-4-3-9-28-20)25-21(26)5-2-8-24-22(27)23-13-17-10-18(14-23)12-19(11-17)15-23/h3-4,9,16-19H,2,5-8,10-15H2,1H3,(H,24,27)(H,25,26). The average Bonchev–Trinajstić information content (AvgIpc) is 3.16. The first-order chi connectivity index (χ1) is 13.5. The van der Waals surface area contributed by atoms with E-state index in [-0.39, 0.29) is 23.3 Å². The van der Waals surface area contributed by atoms with Crippen LogP contribution in [0, 0.1) is 23.2 Å². The van der Waals surface area contributed by atoms with Crippen LogP contribution in [0.4, 0.5) is 0 Å². The molecular formula is C23H34N2O3. The summed E-state index contributed by atoms with van der Waals surface area (Å²) in [6, 6.07) is 3.97. The van der Waals surface area contributed by atoms with Crippen molar-refractivity contribution < 1.29 is 14.0 Å². The molecule has 28 heavy (non-hydrogen) atoms. The number of carbonyl (C=O) groups is 2. The maximum Gasteiger partial charge on any atom is 0.226 e. The molecule has 154 valence electrons. The second-order valence-corrected chi connectivity index (χ2v) is 9.64. The summed E-state index contributed by atoms with van der Waals surface area (Å²) in [6.45, 7) is 2.63. The van der Waals surface area contributed by atoms with E-state index in [1.165, 1.54) is 19.3 Å². The van der Waals surface area contributed by atoms with E-state index >= 15 is 0 Å². The molecule has 4 bridgehead atoms. The molecule has 4 saturated carbocycles. The molecule has 0 aliphatic heterocycles. The van der Waals surface area contributed by atoms with Gasteiger partial charge in [-0.15, -0.1) is 0 Å². The van der Waals surface area contributed by atoms with E-state index in [1.807, 2.05) is 19.1 Å². The first kappa shape index (κ1) is 19.5. The highest BCUT2D eigenvalue weighted by atomic mass is 16.3. The van der Waals surface area contributed by atoms with E-state index < -0.39 is 0 Å². The van der Waals surface area contributed by atoms with Crippen molar-refractivity contribution in [2.45, 2.75) is 77.2 Å². The number of amides is 2. The number of hydrogen-bond donors (Lipinski definition) is 2. The Hall–Kier alpha value is -1.78. The van der Waals surface area contributed by atoms with E-state index in [0.717, 1.165) is 55.6 Å². The van der Waals surface area contributed by atoms with Gasteiger partial charge in [-0.25, -0.2) is 0 Å². The molecular weight excluding hydrogens is 352 g/mol. The fraction of sp³-hybridized carbons (Fsp3) is 0.739. The number of hydrogen-bond acceptors (Lipinski definition) is 3. The molecule has 0 aromatic carbocycles. The Morgan fingerprint density at radius 3 is 2.46 bits per heavy atom. The van der Waals surface area contributed by atoms with Gasteiger partial charge in [-0.3, -0.25) is 9.59 Å². The van der Waals surface area contributed by atoms with Gasteiger partial charge in [0.25, 0.3) is 0 Å². The van der Waals surface area contributed by atoms with Crippen molar-refractivity contribution in [2.75, 3.05) is 6.54 Å². The van der Waals surface area contributed by atoms with E-state index in [4.69, 9.17) is 4.42 Å². The lowest BCUT2D eigenvalue weighted by atomic mass is 9.49. The fourth-order valence-electron chi connectivity index (χ4n) is 6.26. The Kier molecular flexibility index (Phi) is 5.79. The molecule has 1 aromatic rings. The number of rotatable bonds is 9. The van der Waals surface area contributed by atoms with Crippen LogP contribution in [0.3, 0.4) is 0 Å². The van der Waals surface area contributed by atoms with Crippen LogP contribution in [0.25, 0.3) is 0 Å². The SMILES string of the molecule is CC(CCc1ccco1)NC(=O)CCCNC(=O)C12CC3CC(CC(C3)C1)C2. The Morgan fingerprint density at radius 2 is 1.86 bits per heavy atom. The van der Waals surface area contributed by atoms with Crippen LogP contribution < -0.4 is 10.6 Å². The summed E-state index contributed by atoms with van der Waals surface area (Å²) in [5, 5.41) is 6.21. The number of carbonyl (C=O) groups excluding carboxylic acids is 2. The molecule has 5 rings (SSSR count). The summed E-state index contributed by atoms with van der Waals surface area (Å²) in [5.41, 5.74) is -0.0859. The number of nitrogens with one attached hydrogen (secondary N) is 2. The minimum Gasteiger partial charge on any atom is -0.469 e. The van der Waals surface area contributed by atoms with Gasteiger partial charge in [0.2, 0.25) is 11.8 Å². The van der Waals surface area contributed by atoms with Gasteiger partial charge in [0.15, 0.2) is 0 Å². The van der Waals surface area contributed by atoms with Crippen molar-refractivity contribution in [3.63, 3.8) is 0 Å². The first-order valence-electron chi connectivity index (χ1n) is 11.1. The maximum atomic E-state index is 12.9. The zero-order valence-electron chi connectivity index (χ0n) is 17.0. The Labute approximate surface area is 168 Å². The summed E-state index contributed by atoms with van der Waals surface area (Å²) >= 11 is 0. The Morgan fingerprint density at radius 1 is 1.18 bits per heavy atom. The third-order valence-electron chi connectivity index (χ3n) is 7.20. The third kappa shape index (κ3) is 4.44. The van der Waals surface area contributed by atoms with Crippen LogP contribution in [0.15, 0.2) is 22.8 Å². The van der Waals surface area contributed by atoms with Crippen molar-refractivity contribution in [1.29, 1.82) is 0 Å². The highest BCUT2D eigenvalue weighted by Crippen LogP contribution is 2.60. The quantitative estimate of drug-likeness (QED) is 0.634. The molecule has 0 radical (unpaired) electrons. The largest absolute Gasteiger partial charge is 0.469 e. The summed E-state index contributed by atoms with van der Waals surface area (Å²) in [6.07, 6.45) is 11.9. The van der Waals surface area contributed by atoms with Crippen LogP contribution in [0.5, 0.6) is 0 Å². The van der Waals surface area contributed by atoms with Gasteiger partial charge in [0.1, 0.15) is 5.76 Å². The second-order valence-electron chi connectivity index (χ2n) is 9.64. The summed E-state index contributed by atoms with van der Waals surface area (Å²) in [4.78, 5) is 25.0. The van der Waals surface area contributed by atoms with Gasteiger partial charge in [-0.1, -0.05) is 0 Å². The van der Waals surface area contributed by atoms with Gasteiger partial charge >= 0.3 is 0 Å². The van der Waals surface area contributed by atoms with Crippen LogP contribution in [-0.2, 0) is 16.0 Å². The molecule has 0 saturated heterocycles. The lowest BCUT2D eigenvalue weighted by Gasteiger charge is -2.55. The lowest BCUT2D eigenvalue weighted by molar-refractivity contribution is -0.146. The minimum atomic E-state index is -0.0859. The van der Waals surface area contributed by atoms with Crippen LogP contribution in [0.1, 0.15) is 70.5 Å². The van der Waals surface area contributed by atoms with Crippen LogP contribution in [0.2, 0.25) is 0 Å². The lowest BCUT2D eigenvalue weighted by Crippen LogP contribution is -2.53. The summed E-state index contributed by atoms with van der Waals surface area (Å²) in [5.74, 6) is 3.63. The van der Waals surface area contributed by atoms with E-state index in [0.29, 0.717) is 19.4 Å². The molecule has 4 aliphatic rings. The monoisotopic (exact) mass is 386 g/mol. The van der Waals surface area contributed by atoms with E-state index in [1.54, 1.807) is 6.26 Å². The van der Waals surface area contributed by atoms with Crippen molar-refractivity contribution in [3.8, 4) is 0 Å². The summed E-state index contributed by atoms with van der Waals surface area (Å²) in [7, 11) is 0. The number of aryl methyl sites for hydroxylation is 1. The van der Waals surface area contributed by atoms with Crippen molar-refractivity contribution in [3.05, 3.63) is 24.2 Å². The molecule has 1 unspecified atom stereocenters. The third-order valence-corrected chi connectivity index (χ3v) is 7.20. The molecule has 0 spiro atoms. The maximum absolute atomic E-state index is 12.9.